The van der Waals surface area contributed by atoms with Gasteiger partial charge in [-0.1, -0.05) is 0 Å². The molecule has 1 N–H and O–H groups in total. The number of hydrogen-bond donors (Lipinski definition) is 1. The number of hydrogen-bond acceptors (Lipinski definition) is 3. The summed E-state index contributed by atoms with van der Waals surface area (Å²) in [4.78, 5) is 23.8. The Balaban J connectivity index is 2.85. The number of rotatable bonds is 1. The van der Waals surface area contributed by atoms with Gasteiger partial charge in [0.15, 0.2) is 0 Å². The van der Waals surface area contributed by atoms with E-state index in [2.05, 4.69) is 15.9 Å². The van der Waals surface area contributed by atoms with Gasteiger partial charge in [0.2, 0.25) is 0 Å². The van der Waals surface area contributed by atoms with Gasteiger partial charge < -0.3 is 5.11 Å². The number of aromatic hydroxyl groups is 1. The number of phenols is 1. The van der Waals surface area contributed by atoms with E-state index in [4.69, 9.17) is 0 Å². The molecule has 0 fully saturated rings. The second-order valence-electron chi connectivity index (χ2n) is 4.30. The van der Waals surface area contributed by atoms with Crippen LogP contribution in [0.4, 0.5) is 17.6 Å². The topological polar surface area (TPSA) is 64.2 Å². The van der Waals surface area contributed by atoms with Crippen LogP contribution in [-0.2, 0) is 13.2 Å². The molecule has 10 heteroatoms. The lowest BCUT2D eigenvalue weighted by molar-refractivity contribution is -0.144. The lowest BCUT2D eigenvalue weighted by Crippen LogP contribution is -2.41. The highest BCUT2D eigenvalue weighted by molar-refractivity contribution is 9.10. The van der Waals surface area contributed by atoms with Gasteiger partial charge >= 0.3 is 11.9 Å². The normalized spacial score (nSPS) is 11.7. The standard InChI is InChI=1S/C12H7BrF4N2O3/c1-18-9(12(15,16)17)4-10(21)19(11(18)22)7-3-8(20)5(13)2-6(7)14/h2-4,20H,1H3. The SMILES string of the molecule is Cn1c(C(F)(F)F)cc(=O)n(-c2cc(O)c(Br)cc2F)c1=O. The highest BCUT2D eigenvalue weighted by Gasteiger charge is 2.35. The van der Waals surface area contributed by atoms with E-state index in [0.29, 0.717) is 0 Å². The predicted octanol–water partition coefficient (Wildman–Crippen LogP) is 2.16. The molecular formula is C12H7BrF4N2O3. The van der Waals surface area contributed by atoms with Gasteiger partial charge in [-0.3, -0.25) is 9.36 Å². The first-order valence-electron chi connectivity index (χ1n) is 5.62. The van der Waals surface area contributed by atoms with E-state index in [1.807, 2.05) is 0 Å². The zero-order chi connectivity index (χ0) is 16.8. The molecule has 0 saturated heterocycles. The van der Waals surface area contributed by atoms with Crippen molar-refractivity contribution in [2.24, 2.45) is 7.05 Å². The van der Waals surface area contributed by atoms with Crippen molar-refractivity contribution in [3.8, 4) is 11.4 Å². The van der Waals surface area contributed by atoms with Crippen LogP contribution in [0.2, 0.25) is 0 Å². The quantitative estimate of drug-likeness (QED) is 0.768. The highest BCUT2D eigenvalue weighted by Crippen LogP contribution is 2.29. The molecule has 2 rings (SSSR count). The number of alkyl halides is 3. The Bertz CT molecular complexity index is 870. The molecule has 0 aliphatic heterocycles. The van der Waals surface area contributed by atoms with Crippen LogP contribution in [0.3, 0.4) is 0 Å². The molecule has 2 aromatic rings. The van der Waals surface area contributed by atoms with Crippen LogP contribution in [0.25, 0.3) is 5.69 Å². The Morgan fingerprint density at radius 3 is 2.32 bits per heavy atom. The maximum atomic E-state index is 13.9. The van der Waals surface area contributed by atoms with Gasteiger partial charge in [0.05, 0.1) is 10.2 Å². The van der Waals surface area contributed by atoms with Crippen LogP contribution in [0.1, 0.15) is 5.69 Å². The average molecular weight is 383 g/mol. The molecule has 1 aromatic carbocycles. The third kappa shape index (κ3) is 2.65. The summed E-state index contributed by atoms with van der Waals surface area (Å²) in [6.07, 6.45) is -4.91. The van der Waals surface area contributed by atoms with Crippen molar-refractivity contribution in [3.63, 3.8) is 0 Å². The second kappa shape index (κ2) is 5.27. The first-order chi connectivity index (χ1) is 10.0. The minimum Gasteiger partial charge on any atom is -0.507 e. The Hall–Kier alpha value is -2.10. The predicted molar refractivity (Wildman–Crippen MR) is 71.6 cm³/mol. The van der Waals surface area contributed by atoms with Gasteiger partial charge in [-0.2, -0.15) is 13.2 Å². The molecule has 1 aromatic heterocycles. The van der Waals surface area contributed by atoms with Crippen LogP contribution < -0.4 is 11.2 Å². The van der Waals surface area contributed by atoms with Gasteiger partial charge in [0.25, 0.3) is 5.56 Å². The van der Waals surface area contributed by atoms with E-state index in [0.717, 1.165) is 19.2 Å². The number of nitrogens with zero attached hydrogens (tertiary/aromatic N) is 2. The fourth-order valence-corrected chi connectivity index (χ4v) is 2.13. The van der Waals surface area contributed by atoms with Crippen molar-refractivity contribution in [2.75, 3.05) is 0 Å². The van der Waals surface area contributed by atoms with E-state index in [1.54, 1.807) is 0 Å². The molecule has 0 atom stereocenters. The fraction of sp³-hybridized carbons (Fsp3) is 0.167. The molecule has 22 heavy (non-hydrogen) atoms. The minimum atomic E-state index is -4.91. The number of phenolic OH excluding ortho intramolecular Hbond substituents is 1. The Morgan fingerprint density at radius 1 is 1.18 bits per heavy atom. The number of benzene rings is 1. The van der Waals surface area contributed by atoms with Gasteiger partial charge in [-0.05, 0) is 22.0 Å². The number of aromatic nitrogens is 2. The Morgan fingerprint density at radius 2 is 1.77 bits per heavy atom. The molecule has 0 aliphatic carbocycles. The van der Waals surface area contributed by atoms with Crippen LogP contribution in [0, 0.1) is 5.82 Å². The summed E-state index contributed by atoms with van der Waals surface area (Å²) in [5.41, 5.74) is -4.86. The van der Waals surface area contributed by atoms with Crippen LogP contribution in [-0.4, -0.2) is 14.2 Å². The highest BCUT2D eigenvalue weighted by atomic mass is 79.9. The summed E-state index contributed by atoms with van der Waals surface area (Å²) < 4.78 is 52.4. The molecule has 0 bridgehead atoms. The van der Waals surface area contributed by atoms with Crippen LogP contribution in [0.15, 0.2) is 32.3 Å². The van der Waals surface area contributed by atoms with Crippen LogP contribution >= 0.6 is 15.9 Å². The Kier molecular flexibility index (Phi) is 3.90. The summed E-state index contributed by atoms with van der Waals surface area (Å²) in [6, 6.07) is 1.73. The molecule has 0 aliphatic rings. The molecule has 0 amide bonds. The third-order valence-electron chi connectivity index (χ3n) is 2.87. The first kappa shape index (κ1) is 16.3. The third-order valence-corrected chi connectivity index (χ3v) is 3.50. The van der Waals surface area contributed by atoms with Gasteiger partial charge in [0, 0.05) is 19.2 Å². The lowest BCUT2D eigenvalue weighted by Gasteiger charge is -2.14. The average Bonchev–Trinajstić information content (AvgIpc) is 2.38. The van der Waals surface area contributed by atoms with E-state index >= 15 is 0 Å². The lowest BCUT2D eigenvalue weighted by atomic mass is 10.2. The largest absolute Gasteiger partial charge is 0.507 e. The van der Waals surface area contributed by atoms with Crippen molar-refractivity contribution >= 4 is 15.9 Å². The molecule has 1 heterocycles. The van der Waals surface area contributed by atoms with Crippen molar-refractivity contribution < 1.29 is 22.7 Å². The molecule has 0 spiro atoms. The molecule has 5 nitrogen and oxygen atoms in total. The summed E-state index contributed by atoms with van der Waals surface area (Å²) in [5.74, 6) is -1.55. The number of halogens is 5. The summed E-state index contributed by atoms with van der Waals surface area (Å²) >= 11 is 2.83. The maximum Gasteiger partial charge on any atom is 0.431 e. The van der Waals surface area contributed by atoms with E-state index in [-0.39, 0.29) is 19.7 Å². The molecule has 0 saturated carbocycles. The van der Waals surface area contributed by atoms with Gasteiger partial charge in [-0.25, -0.2) is 13.8 Å². The van der Waals surface area contributed by atoms with Crippen molar-refractivity contribution in [1.82, 2.24) is 9.13 Å². The van der Waals surface area contributed by atoms with Crippen molar-refractivity contribution in [1.29, 1.82) is 0 Å². The van der Waals surface area contributed by atoms with Gasteiger partial charge in [0.1, 0.15) is 17.3 Å². The molecule has 0 radical (unpaired) electrons. The minimum absolute atomic E-state index is 0.0365. The summed E-state index contributed by atoms with van der Waals surface area (Å²) in [7, 11) is 0.803. The van der Waals surface area contributed by atoms with Crippen molar-refractivity contribution in [3.05, 3.63) is 55.0 Å². The van der Waals surface area contributed by atoms with Crippen LogP contribution in [0.5, 0.6) is 5.75 Å². The zero-order valence-corrected chi connectivity index (χ0v) is 12.4. The Labute approximate surface area is 128 Å². The smallest absolute Gasteiger partial charge is 0.431 e. The van der Waals surface area contributed by atoms with Crippen molar-refractivity contribution in [2.45, 2.75) is 6.18 Å². The maximum absolute atomic E-state index is 13.9. The molecular weight excluding hydrogens is 376 g/mol. The summed E-state index contributed by atoms with van der Waals surface area (Å²) in [5, 5.41) is 9.50. The summed E-state index contributed by atoms with van der Waals surface area (Å²) in [6.45, 7) is 0. The fourth-order valence-electron chi connectivity index (χ4n) is 1.82. The molecule has 118 valence electrons. The van der Waals surface area contributed by atoms with E-state index < -0.39 is 40.4 Å². The van der Waals surface area contributed by atoms with E-state index in [9.17, 15) is 32.3 Å². The second-order valence-corrected chi connectivity index (χ2v) is 5.15. The first-order valence-corrected chi connectivity index (χ1v) is 6.42. The van der Waals surface area contributed by atoms with E-state index in [1.165, 1.54) is 0 Å². The monoisotopic (exact) mass is 382 g/mol. The van der Waals surface area contributed by atoms with Gasteiger partial charge in [-0.15, -0.1) is 0 Å². The zero-order valence-electron chi connectivity index (χ0n) is 10.8. The molecule has 0 unspecified atom stereocenters.